The lowest BCUT2D eigenvalue weighted by atomic mass is 9.95. The Morgan fingerprint density at radius 1 is 0.875 bits per heavy atom. The summed E-state index contributed by atoms with van der Waals surface area (Å²) in [6, 6.07) is 0. The molecule has 88 valence electrons. The van der Waals surface area contributed by atoms with Gasteiger partial charge in [-0.3, -0.25) is 9.59 Å². The summed E-state index contributed by atoms with van der Waals surface area (Å²) in [6.45, 7) is 0. The molecule has 0 saturated carbocycles. The lowest BCUT2D eigenvalue weighted by molar-refractivity contribution is -0.152. The quantitative estimate of drug-likeness (QED) is 0.631. The van der Waals surface area contributed by atoms with E-state index in [9.17, 15) is 9.59 Å². The molecule has 0 aromatic heterocycles. The molecule has 4 heteroatoms. The van der Waals surface area contributed by atoms with Gasteiger partial charge in [-0.15, -0.1) is 0 Å². The number of hydrogen-bond acceptors (Lipinski definition) is 3. The highest BCUT2D eigenvalue weighted by atomic mass is 16.2. The molecule has 1 aliphatic carbocycles. The molecule has 4 nitrogen and oxygen atoms in total. The van der Waals surface area contributed by atoms with Crippen LogP contribution >= 0.6 is 0 Å². The van der Waals surface area contributed by atoms with Crippen LogP contribution in [0.2, 0.25) is 0 Å². The molecule has 0 atom stereocenters. The molecule has 16 heavy (non-hydrogen) atoms. The highest BCUT2D eigenvalue weighted by Crippen LogP contribution is 2.31. The van der Waals surface area contributed by atoms with Crippen LogP contribution in [0, 0.1) is 0 Å². The van der Waals surface area contributed by atoms with Crippen LogP contribution in [-0.2, 0) is 9.59 Å². The predicted octanol–water partition coefficient (Wildman–Crippen LogP) is 1.48. The van der Waals surface area contributed by atoms with Gasteiger partial charge < -0.3 is 0 Å². The SMILES string of the molecule is CN(C)N1C(=O)C2=C(CCCCCC2)C1=O. The van der Waals surface area contributed by atoms with Crippen LogP contribution < -0.4 is 0 Å². The number of hydrazine groups is 1. The van der Waals surface area contributed by atoms with Crippen LogP contribution in [0.15, 0.2) is 11.1 Å². The smallest absolute Gasteiger partial charge is 0.267 e. The number of nitrogens with zero attached hydrogens (tertiary/aromatic N) is 2. The van der Waals surface area contributed by atoms with Crippen molar-refractivity contribution in [2.24, 2.45) is 0 Å². The number of rotatable bonds is 1. The van der Waals surface area contributed by atoms with Crippen LogP contribution in [0.3, 0.4) is 0 Å². The first-order valence-corrected chi connectivity index (χ1v) is 5.91. The average molecular weight is 222 g/mol. The zero-order valence-corrected chi connectivity index (χ0v) is 9.95. The minimum absolute atomic E-state index is 0.105. The van der Waals surface area contributed by atoms with Gasteiger partial charge in [0.05, 0.1) is 0 Å². The molecule has 0 saturated heterocycles. The van der Waals surface area contributed by atoms with E-state index >= 15 is 0 Å². The monoisotopic (exact) mass is 222 g/mol. The molecule has 0 fully saturated rings. The van der Waals surface area contributed by atoms with E-state index in [4.69, 9.17) is 0 Å². The highest BCUT2D eigenvalue weighted by Gasteiger charge is 2.38. The standard InChI is InChI=1S/C12H18N2O2/c1-13(2)14-11(15)9-7-5-3-4-6-8-10(9)12(14)16/h3-8H2,1-2H3. The summed E-state index contributed by atoms with van der Waals surface area (Å²) >= 11 is 0. The van der Waals surface area contributed by atoms with Crippen LogP contribution in [0.25, 0.3) is 0 Å². The Balaban J connectivity index is 2.30. The fourth-order valence-electron chi connectivity index (χ4n) is 2.44. The van der Waals surface area contributed by atoms with Crippen molar-refractivity contribution in [1.29, 1.82) is 0 Å². The third-order valence-corrected chi connectivity index (χ3v) is 3.27. The van der Waals surface area contributed by atoms with E-state index in [1.54, 1.807) is 19.1 Å². The molecule has 0 radical (unpaired) electrons. The van der Waals surface area contributed by atoms with E-state index in [0.717, 1.165) is 36.8 Å². The Hall–Kier alpha value is -1.16. The van der Waals surface area contributed by atoms with Crippen molar-refractivity contribution >= 4 is 11.8 Å². The van der Waals surface area contributed by atoms with Crippen molar-refractivity contribution in [3.05, 3.63) is 11.1 Å². The van der Waals surface area contributed by atoms with E-state index in [1.807, 2.05) is 0 Å². The van der Waals surface area contributed by atoms with Crippen LogP contribution in [0.5, 0.6) is 0 Å². The Morgan fingerprint density at radius 2 is 1.31 bits per heavy atom. The Bertz CT molecular complexity index is 328. The van der Waals surface area contributed by atoms with Gasteiger partial charge in [0.25, 0.3) is 11.8 Å². The van der Waals surface area contributed by atoms with Gasteiger partial charge in [-0.2, -0.15) is 0 Å². The minimum Gasteiger partial charge on any atom is -0.267 e. The fraction of sp³-hybridized carbons (Fsp3) is 0.667. The second-order valence-electron chi connectivity index (χ2n) is 4.64. The summed E-state index contributed by atoms with van der Waals surface area (Å²) < 4.78 is 0. The first kappa shape index (κ1) is 11.3. The van der Waals surface area contributed by atoms with Gasteiger partial charge in [0.2, 0.25) is 0 Å². The van der Waals surface area contributed by atoms with Crippen molar-refractivity contribution in [2.75, 3.05) is 14.1 Å². The van der Waals surface area contributed by atoms with Gasteiger partial charge in [0.1, 0.15) is 0 Å². The normalized spacial score (nSPS) is 22.6. The molecule has 0 aromatic rings. The van der Waals surface area contributed by atoms with Gasteiger partial charge in [-0.1, -0.05) is 12.8 Å². The summed E-state index contributed by atoms with van der Waals surface area (Å²) in [5.74, 6) is -0.209. The third kappa shape index (κ3) is 1.78. The largest absolute Gasteiger partial charge is 0.271 e. The van der Waals surface area contributed by atoms with E-state index in [0.29, 0.717) is 0 Å². The third-order valence-electron chi connectivity index (χ3n) is 3.27. The highest BCUT2D eigenvalue weighted by molar-refractivity contribution is 6.18. The minimum atomic E-state index is -0.105. The molecule has 0 aromatic carbocycles. The van der Waals surface area contributed by atoms with Crippen LogP contribution in [-0.4, -0.2) is 35.9 Å². The summed E-state index contributed by atoms with van der Waals surface area (Å²) in [4.78, 5) is 24.1. The first-order valence-electron chi connectivity index (χ1n) is 5.91. The number of hydrogen-bond donors (Lipinski definition) is 0. The van der Waals surface area contributed by atoms with Crippen molar-refractivity contribution in [2.45, 2.75) is 38.5 Å². The summed E-state index contributed by atoms with van der Waals surface area (Å²) in [7, 11) is 3.46. The molecule has 0 bridgehead atoms. The zero-order chi connectivity index (χ0) is 11.7. The summed E-state index contributed by atoms with van der Waals surface area (Å²) in [6.07, 6.45) is 5.92. The number of carbonyl (C=O) groups is 2. The molecular formula is C12H18N2O2. The molecule has 2 amide bonds. The molecular weight excluding hydrogens is 204 g/mol. The maximum absolute atomic E-state index is 12.1. The Labute approximate surface area is 95.9 Å². The van der Waals surface area contributed by atoms with Gasteiger partial charge in [0, 0.05) is 25.2 Å². The molecule has 2 rings (SSSR count). The second kappa shape index (κ2) is 4.37. The van der Waals surface area contributed by atoms with E-state index in [1.165, 1.54) is 17.9 Å². The van der Waals surface area contributed by atoms with Crippen LogP contribution in [0.4, 0.5) is 0 Å². The maximum atomic E-state index is 12.1. The molecule has 2 aliphatic rings. The maximum Gasteiger partial charge on any atom is 0.271 e. The van der Waals surface area contributed by atoms with E-state index in [2.05, 4.69) is 0 Å². The van der Waals surface area contributed by atoms with Crippen molar-refractivity contribution in [3.63, 3.8) is 0 Å². The summed E-state index contributed by atoms with van der Waals surface area (Å²) in [5.41, 5.74) is 1.52. The fourth-order valence-corrected chi connectivity index (χ4v) is 2.44. The van der Waals surface area contributed by atoms with Crippen molar-refractivity contribution < 1.29 is 9.59 Å². The number of amides is 2. The van der Waals surface area contributed by atoms with Gasteiger partial charge >= 0.3 is 0 Å². The Kier molecular flexibility index (Phi) is 3.10. The lowest BCUT2D eigenvalue weighted by Gasteiger charge is -2.22. The molecule has 1 heterocycles. The molecule has 0 N–H and O–H groups in total. The number of carbonyl (C=O) groups excluding carboxylic acids is 2. The Morgan fingerprint density at radius 3 is 1.69 bits per heavy atom. The van der Waals surface area contributed by atoms with Gasteiger partial charge in [-0.05, 0) is 25.7 Å². The first-order chi connectivity index (χ1) is 7.63. The predicted molar refractivity (Wildman–Crippen MR) is 60.3 cm³/mol. The topological polar surface area (TPSA) is 40.6 Å². The van der Waals surface area contributed by atoms with Crippen LogP contribution in [0.1, 0.15) is 38.5 Å². The number of imide groups is 1. The molecule has 1 aliphatic heterocycles. The zero-order valence-electron chi connectivity index (χ0n) is 9.95. The van der Waals surface area contributed by atoms with Crippen molar-refractivity contribution in [1.82, 2.24) is 10.0 Å². The molecule has 0 unspecified atom stereocenters. The van der Waals surface area contributed by atoms with E-state index < -0.39 is 0 Å². The van der Waals surface area contributed by atoms with E-state index in [-0.39, 0.29) is 11.8 Å². The average Bonchev–Trinajstić information content (AvgIpc) is 2.36. The van der Waals surface area contributed by atoms with Crippen molar-refractivity contribution in [3.8, 4) is 0 Å². The van der Waals surface area contributed by atoms with Gasteiger partial charge in [-0.25, -0.2) is 10.0 Å². The summed E-state index contributed by atoms with van der Waals surface area (Å²) in [5, 5.41) is 2.84. The second-order valence-corrected chi connectivity index (χ2v) is 4.64. The lowest BCUT2D eigenvalue weighted by Crippen LogP contribution is -2.42. The molecule has 0 spiro atoms. The van der Waals surface area contributed by atoms with Gasteiger partial charge in [0.15, 0.2) is 0 Å².